The molecule has 0 radical (unpaired) electrons. The van der Waals surface area contributed by atoms with E-state index in [-0.39, 0.29) is 23.6 Å². The molecule has 0 saturated heterocycles. The van der Waals surface area contributed by atoms with Crippen molar-refractivity contribution in [1.82, 2.24) is 10.1 Å². The lowest BCUT2D eigenvalue weighted by Crippen LogP contribution is -2.24. The number of hydrogen-bond acceptors (Lipinski definition) is 8. The van der Waals surface area contributed by atoms with E-state index in [4.69, 9.17) is 25.6 Å². The lowest BCUT2D eigenvalue weighted by Gasteiger charge is -2.27. The maximum Gasteiger partial charge on any atom is 0.360 e. The zero-order valence-electron chi connectivity index (χ0n) is 16.3. The third kappa shape index (κ3) is 5.23. The molecule has 4 rings (SSSR count). The van der Waals surface area contributed by atoms with Crippen molar-refractivity contribution < 1.29 is 23.2 Å². The Morgan fingerprint density at radius 3 is 2.81 bits per heavy atom. The number of thioether (sulfide) groups is 1. The quantitative estimate of drug-likeness (QED) is 0.474. The number of esters is 1. The van der Waals surface area contributed by atoms with Gasteiger partial charge in [0.1, 0.15) is 11.9 Å². The topological polar surface area (TPSA) is 86.8 Å². The summed E-state index contributed by atoms with van der Waals surface area (Å²) in [7, 11) is 0. The number of hydrogen-bond donors (Lipinski definition) is 0. The summed E-state index contributed by atoms with van der Waals surface area (Å²) in [5.74, 6) is -0.191. The van der Waals surface area contributed by atoms with E-state index in [1.807, 2.05) is 0 Å². The average Bonchev–Trinajstić information content (AvgIpc) is 3.26. The van der Waals surface area contributed by atoms with Gasteiger partial charge in [-0.2, -0.15) is 0 Å². The summed E-state index contributed by atoms with van der Waals surface area (Å²) in [5, 5.41) is 5.05. The van der Waals surface area contributed by atoms with Crippen LogP contribution in [0.2, 0.25) is 5.02 Å². The second-order valence-electron chi connectivity index (χ2n) is 6.51. The van der Waals surface area contributed by atoms with E-state index < -0.39 is 12.0 Å². The Hall–Kier alpha value is -2.91. The van der Waals surface area contributed by atoms with E-state index in [0.717, 1.165) is 5.03 Å². The fourth-order valence-corrected chi connectivity index (χ4v) is 3.94. The molecule has 2 unspecified atom stereocenters. The molecule has 31 heavy (non-hydrogen) atoms. The normalized spacial score (nSPS) is 18.2. The first-order valence-electron chi connectivity index (χ1n) is 9.44. The van der Waals surface area contributed by atoms with Crippen molar-refractivity contribution in [2.75, 3.05) is 6.61 Å². The number of ether oxygens (including phenoxy) is 2. The highest BCUT2D eigenvalue weighted by atomic mass is 35.5. The largest absolute Gasteiger partial charge is 0.463 e. The lowest BCUT2D eigenvalue weighted by atomic mass is 10.1. The summed E-state index contributed by atoms with van der Waals surface area (Å²) < 4.78 is 29.8. The molecule has 0 amide bonds. The van der Waals surface area contributed by atoms with Crippen LogP contribution in [0, 0.1) is 5.82 Å². The van der Waals surface area contributed by atoms with E-state index in [1.54, 1.807) is 37.4 Å². The van der Waals surface area contributed by atoms with Crippen LogP contribution in [-0.2, 0) is 9.47 Å². The Morgan fingerprint density at radius 1 is 1.29 bits per heavy atom. The number of pyridine rings is 1. The molecule has 0 N–H and O–H groups in total. The Kier molecular flexibility index (Phi) is 6.53. The molecule has 3 heterocycles. The second-order valence-corrected chi connectivity index (χ2v) is 8.12. The zero-order valence-corrected chi connectivity index (χ0v) is 17.9. The van der Waals surface area contributed by atoms with Crippen LogP contribution in [0.4, 0.5) is 4.39 Å². The predicted octanol–water partition coefficient (Wildman–Crippen LogP) is 5.07. The smallest absolute Gasteiger partial charge is 0.360 e. The maximum absolute atomic E-state index is 13.4. The molecule has 7 nitrogen and oxygen atoms in total. The van der Waals surface area contributed by atoms with E-state index in [0.29, 0.717) is 28.7 Å². The molecule has 2 atom stereocenters. The number of carbonyl (C=O) groups excluding carboxylic acids is 1. The van der Waals surface area contributed by atoms with Gasteiger partial charge in [-0.1, -0.05) is 28.5 Å². The number of carbonyl (C=O) groups is 1. The maximum atomic E-state index is 13.4. The lowest BCUT2D eigenvalue weighted by molar-refractivity contribution is 0.0514. The van der Waals surface area contributed by atoms with Gasteiger partial charge in [0.05, 0.1) is 16.7 Å². The van der Waals surface area contributed by atoms with Crippen molar-refractivity contribution in [3.05, 3.63) is 76.5 Å². The highest BCUT2D eigenvalue weighted by molar-refractivity contribution is 7.99. The number of rotatable bonds is 6. The molecular weight excluding hydrogens is 445 g/mol. The molecule has 0 saturated carbocycles. The second kappa shape index (κ2) is 9.49. The molecule has 0 spiro atoms. The highest BCUT2D eigenvalue weighted by Gasteiger charge is 2.31. The number of aliphatic imine (C=N–C) groups is 1. The van der Waals surface area contributed by atoms with Gasteiger partial charge in [-0.25, -0.2) is 19.2 Å². The molecule has 1 aliphatic rings. The van der Waals surface area contributed by atoms with E-state index >= 15 is 0 Å². The summed E-state index contributed by atoms with van der Waals surface area (Å²) in [5.41, 5.74) is 0.323. The average molecular weight is 462 g/mol. The molecule has 3 aromatic rings. The first-order valence-corrected chi connectivity index (χ1v) is 10.7. The summed E-state index contributed by atoms with van der Waals surface area (Å²) in [4.78, 5) is 20.8. The van der Waals surface area contributed by atoms with Gasteiger partial charge in [-0.3, -0.25) is 0 Å². The van der Waals surface area contributed by atoms with Crippen LogP contribution in [0.3, 0.4) is 0 Å². The fraction of sp³-hybridized carbons (Fsp3) is 0.238. The molecule has 1 aromatic carbocycles. The number of aromatic nitrogens is 2. The molecule has 2 aromatic heterocycles. The Bertz CT molecular complexity index is 1090. The minimum atomic E-state index is -0.566. The number of halogens is 2. The van der Waals surface area contributed by atoms with Crippen molar-refractivity contribution in [3.63, 3.8) is 0 Å². The van der Waals surface area contributed by atoms with Gasteiger partial charge < -0.3 is 14.0 Å². The standard InChI is InChI=1S/C21H17ClFN3O4S/c1-2-28-21(27)16-9-17(30-26-16)15-10-19(31-18-8-5-13(22)11-24-18)29-20(25-15)12-3-6-14(23)7-4-12/h3-9,11,15,19H,2,10H2,1H3. The van der Waals surface area contributed by atoms with Gasteiger partial charge in [-0.15, -0.1) is 0 Å². The Balaban J connectivity index is 1.62. The van der Waals surface area contributed by atoms with Crippen molar-refractivity contribution in [2.24, 2.45) is 4.99 Å². The number of benzene rings is 1. The van der Waals surface area contributed by atoms with E-state index in [2.05, 4.69) is 15.1 Å². The number of nitrogens with zero attached hydrogens (tertiary/aromatic N) is 3. The van der Waals surface area contributed by atoms with E-state index in [9.17, 15) is 9.18 Å². The Labute approximate surface area is 186 Å². The van der Waals surface area contributed by atoms with Gasteiger partial charge in [-0.05, 0) is 43.3 Å². The van der Waals surface area contributed by atoms with Gasteiger partial charge in [0.15, 0.2) is 16.9 Å². The molecule has 0 fully saturated rings. The van der Waals surface area contributed by atoms with Gasteiger partial charge in [0, 0.05) is 24.2 Å². The van der Waals surface area contributed by atoms with Crippen molar-refractivity contribution in [3.8, 4) is 0 Å². The Morgan fingerprint density at radius 2 is 2.10 bits per heavy atom. The van der Waals surface area contributed by atoms with Gasteiger partial charge in [0.2, 0.25) is 5.90 Å². The van der Waals surface area contributed by atoms with Crippen molar-refractivity contribution in [1.29, 1.82) is 0 Å². The van der Waals surface area contributed by atoms with Crippen molar-refractivity contribution >= 4 is 35.2 Å². The predicted molar refractivity (Wildman–Crippen MR) is 113 cm³/mol. The van der Waals surface area contributed by atoms with Crippen molar-refractivity contribution in [2.45, 2.75) is 29.8 Å². The van der Waals surface area contributed by atoms with E-state index in [1.165, 1.54) is 30.0 Å². The summed E-state index contributed by atoms with van der Waals surface area (Å²) in [6.07, 6.45) is 2.00. The summed E-state index contributed by atoms with van der Waals surface area (Å²) in [6, 6.07) is 10.4. The molecular formula is C21H17ClFN3O4S. The van der Waals surface area contributed by atoms with Crippen LogP contribution in [0.15, 0.2) is 63.2 Å². The first-order chi connectivity index (χ1) is 15.0. The highest BCUT2D eigenvalue weighted by Crippen LogP contribution is 2.37. The summed E-state index contributed by atoms with van der Waals surface area (Å²) in [6.45, 7) is 1.95. The molecule has 160 valence electrons. The molecule has 0 aliphatic carbocycles. The molecule has 0 bridgehead atoms. The van der Waals surface area contributed by atoms with Crippen LogP contribution in [-0.4, -0.2) is 34.1 Å². The molecule has 10 heteroatoms. The van der Waals surface area contributed by atoms with Crippen LogP contribution in [0.5, 0.6) is 0 Å². The summed E-state index contributed by atoms with van der Waals surface area (Å²) >= 11 is 7.31. The zero-order chi connectivity index (χ0) is 21.8. The van der Waals surface area contributed by atoms with Crippen LogP contribution in [0.1, 0.15) is 41.2 Å². The third-order valence-corrected chi connectivity index (χ3v) is 5.57. The third-order valence-electron chi connectivity index (χ3n) is 4.32. The minimum Gasteiger partial charge on any atom is -0.463 e. The minimum absolute atomic E-state index is 0.0745. The van der Waals surface area contributed by atoms with Gasteiger partial charge in [0.25, 0.3) is 0 Å². The van der Waals surface area contributed by atoms with Crippen LogP contribution < -0.4 is 0 Å². The van der Waals surface area contributed by atoms with Crippen LogP contribution >= 0.6 is 23.4 Å². The fourth-order valence-electron chi connectivity index (χ4n) is 2.88. The monoisotopic (exact) mass is 461 g/mol. The molecule has 1 aliphatic heterocycles. The van der Waals surface area contributed by atoms with Gasteiger partial charge >= 0.3 is 5.97 Å². The SMILES string of the molecule is CCOC(=O)c1cc(C2CC(Sc3ccc(Cl)cn3)OC(c3ccc(F)cc3)=N2)on1. The first kappa shape index (κ1) is 21.3. The van der Waals surface area contributed by atoms with Crippen LogP contribution in [0.25, 0.3) is 0 Å².